The number of hydrogen-bond donors (Lipinski definition) is 2. The molecule has 4 rings (SSSR count). The molecule has 0 spiro atoms. The van der Waals surface area contributed by atoms with E-state index < -0.39 is 0 Å². The smallest absolute Gasteiger partial charge is 0.118 e. The molecule has 2 N–H and O–H groups in total. The Hall–Kier alpha value is -1.89. The third kappa shape index (κ3) is 3.02. The molecule has 0 unspecified atom stereocenters. The average Bonchev–Trinajstić information content (AvgIpc) is 3.28. The minimum atomic E-state index is -0.228. The van der Waals surface area contributed by atoms with Crippen LogP contribution in [0.5, 0.6) is 5.75 Å². The maximum Gasteiger partial charge on any atom is 0.118 e. The molecule has 1 saturated heterocycles. The van der Waals surface area contributed by atoms with E-state index in [1.807, 2.05) is 37.6 Å². The molecule has 2 heterocycles. The first kappa shape index (κ1) is 17.5. The molecule has 3 atom stereocenters. The van der Waals surface area contributed by atoms with Crippen molar-refractivity contribution in [2.75, 3.05) is 20.8 Å². The molecule has 2 fully saturated rings. The van der Waals surface area contributed by atoms with Gasteiger partial charge in [0.2, 0.25) is 0 Å². The summed E-state index contributed by atoms with van der Waals surface area (Å²) in [7, 11) is 3.49. The number of rotatable bonds is 5. The van der Waals surface area contributed by atoms with Gasteiger partial charge in [-0.3, -0.25) is 10.00 Å². The van der Waals surface area contributed by atoms with Crippen molar-refractivity contribution < 1.29 is 14.6 Å². The minimum absolute atomic E-state index is 0.108. The number of likely N-dealkylation sites (tertiary alicyclic amines) is 1. The zero-order chi connectivity index (χ0) is 18.1. The molecule has 6 heteroatoms. The summed E-state index contributed by atoms with van der Waals surface area (Å²) in [6.07, 6.45) is 5.25. The van der Waals surface area contributed by atoms with Gasteiger partial charge in [0.25, 0.3) is 0 Å². The Bertz CT molecular complexity index is 745. The zero-order valence-corrected chi connectivity index (χ0v) is 15.4. The predicted octanol–water partition coefficient (Wildman–Crippen LogP) is 2.59. The number of aliphatic hydroxyl groups is 1. The molecule has 1 aliphatic carbocycles. The molecule has 2 aliphatic rings. The lowest BCUT2D eigenvalue weighted by Crippen LogP contribution is -2.51. The average molecular weight is 357 g/mol. The summed E-state index contributed by atoms with van der Waals surface area (Å²) in [4.78, 5) is 2.45. The number of nitrogens with one attached hydrogen (secondary N) is 1. The Morgan fingerprint density at radius 1 is 1.27 bits per heavy atom. The van der Waals surface area contributed by atoms with Crippen LogP contribution in [-0.4, -0.2) is 58.7 Å². The van der Waals surface area contributed by atoms with E-state index in [0.717, 1.165) is 55.8 Å². The SMILES string of the molecule is COc1ccc(-c2[nH]ncc2CN2CC[C@]3(OC)CC[C@@H](O)C[C@H]23)cc1. The first-order chi connectivity index (χ1) is 12.6. The molecule has 1 aromatic heterocycles. The standard InChI is InChI=1S/C20H27N3O3/c1-25-17-5-3-14(4-6-17)19-15(12-21-22-19)13-23-10-9-20(26-2)8-7-16(24)11-18(20)23/h3-6,12,16,18,24H,7-11,13H2,1-2H3,(H,21,22)/t16-,18+,20-/m1/s1. The maximum absolute atomic E-state index is 10.2. The summed E-state index contributed by atoms with van der Waals surface area (Å²) < 4.78 is 11.2. The zero-order valence-electron chi connectivity index (χ0n) is 15.4. The van der Waals surface area contributed by atoms with Crippen LogP contribution in [0.4, 0.5) is 0 Å². The highest BCUT2D eigenvalue weighted by molar-refractivity contribution is 5.63. The van der Waals surface area contributed by atoms with Crippen LogP contribution in [0, 0.1) is 0 Å². The van der Waals surface area contributed by atoms with Crippen LogP contribution < -0.4 is 4.74 Å². The molecule has 0 radical (unpaired) electrons. The van der Waals surface area contributed by atoms with E-state index in [2.05, 4.69) is 15.1 Å². The van der Waals surface area contributed by atoms with Gasteiger partial charge in [-0.15, -0.1) is 0 Å². The topological polar surface area (TPSA) is 70.6 Å². The highest BCUT2D eigenvalue weighted by Crippen LogP contribution is 2.43. The number of fused-ring (bicyclic) bond motifs is 1. The lowest BCUT2D eigenvalue weighted by molar-refractivity contribution is -0.0879. The van der Waals surface area contributed by atoms with Crippen molar-refractivity contribution >= 4 is 0 Å². The maximum atomic E-state index is 10.2. The van der Waals surface area contributed by atoms with Crippen molar-refractivity contribution in [3.8, 4) is 17.0 Å². The van der Waals surface area contributed by atoms with Crippen LogP contribution in [0.3, 0.4) is 0 Å². The molecule has 0 bridgehead atoms. The van der Waals surface area contributed by atoms with E-state index in [0.29, 0.717) is 0 Å². The summed E-state index contributed by atoms with van der Waals surface area (Å²) in [6, 6.07) is 8.27. The van der Waals surface area contributed by atoms with Crippen molar-refractivity contribution in [1.82, 2.24) is 15.1 Å². The molecule has 26 heavy (non-hydrogen) atoms. The van der Waals surface area contributed by atoms with Gasteiger partial charge in [0, 0.05) is 37.4 Å². The third-order valence-corrected chi connectivity index (χ3v) is 6.14. The van der Waals surface area contributed by atoms with Crippen molar-refractivity contribution in [2.24, 2.45) is 0 Å². The second kappa shape index (κ2) is 7.02. The number of aromatic nitrogens is 2. The highest BCUT2D eigenvalue weighted by atomic mass is 16.5. The normalized spacial score (nSPS) is 28.9. The Morgan fingerprint density at radius 2 is 2.08 bits per heavy atom. The lowest BCUT2D eigenvalue weighted by Gasteiger charge is -2.42. The van der Waals surface area contributed by atoms with Crippen LogP contribution in [0.1, 0.15) is 31.2 Å². The minimum Gasteiger partial charge on any atom is -0.497 e. The molecular weight excluding hydrogens is 330 g/mol. The number of aromatic amines is 1. The van der Waals surface area contributed by atoms with Crippen molar-refractivity contribution in [3.05, 3.63) is 36.0 Å². The first-order valence-electron chi connectivity index (χ1n) is 9.29. The van der Waals surface area contributed by atoms with Crippen LogP contribution in [0.15, 0.2) is 30.5 Å². The van der Waals surface area contributed by atoms with Crippen molar-refractivity contribution in [2.45, 2.75) is 50.0 Å². The Balaban J connectivity index is 1.55. The van der Waals surface area contributed by atoms with E-state index in [1.165, 1.54) is 5.56 Å². The second-order valence-electron chi connectivity index (χ2n) is 7.43. The molecular formula is C20H27N3O3. The van der Waals surface area contributed by atoms with Gasteiger partial charge in [-0.2, -0.15) is 5.10 Å². The van der Waals surface area contributed by atoms with Gasteiger partial charge in [-0.05, 0) is 49.9 Å². The van der Waals surface area contributed by atoms with Gasteiger partial charge in [0.1, 0.15) is 5.75 Å². The van der Waals surface area contributed by atoms with Gasteiger partial charge >= 0.3 is 0 Å². The summed E-state index contributed by atoms with van der Waals surface area (Å²) in [6.45, 7) is 1.79. The van der Waals surface area contributed by atoms with Gasteiger partial charge in [0.15, 0.2) is 0 Å². The second-order valence-corrected chi connectivity index (χ2v) is 7.43. The summed E-state index contributed by atoms with van der Waals surface area (Å²) in [5, 5.41) is 17.6. The van der Waals surface area contributed by atoms with Crippen molar-refractivity contribution in [1.29, 1.82) is 0 Å². The molecule has 1 aromatic carbocycles. The Morgan fingerprint density at radius 3 is 2.81 bits per heavy atom. The summed E-state index contributed by atoms with van der Waals surface area (Å²) >= 11 is 0. The van der Waals surface area contributed by atoms with Crippen LogP contribution in [0.25, 0.3) is 11.3 Å². The van der Waals surface area contributed by atoms with Crippen LogP contribution in [0.2, 0.25) is 0 Å². The van der Waals surface area contributed by atoms with E-state index in [-0.39, 0.29) is 17.7 Å². The molecule has 2 aromatic rings. The first-order valence-corrected chi connectivity index (χ1v) is 9.29. The highest BCUT2D eigenvalue weighted by Gasteiger charge is 2.50. The Labute approximate surface area is 154 Å². The summed E-state index contributed by atoms with van der Waals surface area (Å²) in [5.41, 5.74) is 3.20. The van der Waals surface area contributed by atoms with Crippen molar-refractivity contribution in [3.63, 3.8) is 0 Å². The van der Waals surface area contributed by atoms with Gasteiger partial charge in [-0.1, -0.05) is 0 Å². The number of nitrogens with zero attached hydrogens (tertiary/aromatic N) is 2. The van der Waals surface area contributed by atoms with E-state index in [1.54, 1.807) is 7.11 Å². The fourth-order valence-electron chi connectivity index (χ4n) is 4.62. The number of aliphatic hydroxyl groups excluding tert-OH is 1. The largest absolute Gasteiger partial charge is 0.497 e. The van der Waals surface area contributed by atoms with Gasteiger partial charge in [0.05, 0.1) is 30.7 Å². The number of H-pyrrole nitrogens is 1. The molecule has 1 aliphatic heterocycles. The van der Waals surface area contributed by atoms with Gasteiger partial charge < -0.3 is 14.6 Å². The van der Waals surface area contributed by atoms with Crippen LogP contribution >= 0.6 is 0 Å². The quantitative estimate of drug-likeness (QED) is 0.861. The number of benzene rings is 1. The summed E-state index contributed by atoms with van der Waals surface area (Å²) in [5.74, 6) is 0.843. The van der Waals surface area contributed by atoms with Crippen LogP contribution in [-0.2, 0) is 11.3 Å². The van der Waals surface area contributed by atoms with E-state index >= 15 is 0 Å². The Kier molecular flexibility index (Phi) is 4.73. The molecule has 140 valence electrons. The predicted molar refractivity (Wildman–Crippen MR) is 99.0 cm³/mol. The van der Waals surface area contributed by atoms with E-state index in [4.69, 9.17) is 9.47 Å². The number of ether oxygens (including phenoxy) is 2. The third-order valence-electron chi connectivity index (χ3n) is 6.14. The monoisotopic (exact) mass is 357 g/mol. The fraction of sp³-hybridized carbons (Fsp3) is 0.550. The van der Waals surface area contributed by atoms with Gasteiger partial charge in [-0.25, -0.2) is 0 Å². The molecule has 1 saturated carbocycles. The van der Waals surface area contributed by atoms with E-state index in [9.17, 15) is 5.11 Å². The number of methoxy groups -OCH3 is 2. The molecule has 0 amide bonds. The molecule has 6 nitrogen and oxygen atoms in total. The lowest BCUT2D eigenvalue weighted by atomic mass is 9.79. The fourth-order valence-corrected chi connectivity index (χ4v) is 4.62. The number of hydrogen-bond acceptors (Lipinski definition) is 5.